The first-order valence-corrected chi connectivity index (χ1v) is 15.1. The summed E-state index contributed by atoms with van der Waals surface area (Å²) in [4.78, 5) is 69.3. The van der Waals surface area contributed by atoms with Crippen LogP contribution < -0.4 is 15.1 Å². The van der Waals surface area contributed by atoms with E-state index in [2.05, 4.69) is 20.0 Å². The second kappa shape index (κ2) is 10.2. The van der Waals surface area contributed by atoms with Crippen molar-refractivity contribution in [2.24, 2.45) is 0 Å². The molecule has 0 spiro atoms. The van der Waals surface area contributed by atoms with E-state index in [1.807, 2.05) is 17.8 Å². The van der Waals surface area contributed by atoms with E-state index in [0.29, 0.717) is 17.7 Å². The maximum Gasteiger partial charge on any atom is 0.262 e. The number of aromatic nitrogens is 2. The van der Waals surface area contributed by atoms with Crippen molar-refractivity contribution < 1.29 is 19.2 Å². The SMILES string of the molecule is O=C1CCC(N2C(=O)c3ccc(CN4CCN(c5nc(N6CCCC6)nc6c5SCC6)CC4)cc3C2=O)C(=O)N1. The minimum atomic E-state index is -0.950. The third-order valence-electron chi connectivity index (χ3n) is 8.46. The molecule has 1 unspecified atom stereocenters. The molecule has 1 aromatic heterocycles. The summed E-state index contributed by atoms with van der Waals surface area (Å²) in [6.45, 7) is 6.14. The highest BCUT2D eigenvalue weighted by molar-refractivity contribution is 7.99. The molecule has 5 aliphatic heterocycles. The summed E-state index contributed by atoms with van der Waals surface area (Å²) in [5, 5.41) is 2.24. The Morgan fingerprint density at radius 1 is 0.875 bits per heavy atom. The summed E-state index contributed by atoms with van der Waals surface area (Å²) in [7, 11) is 0. The van der Waals surface area contributed by atoms with Gasteiger partial charge in [0.25, 0.3) is 11.8 Å². The molecule has 3 saturated heterocycles. The number of nitrogens with zero attached hydrogens (tertiary/aromatic N) is 6. The minimum Gasteiger partial charge on any atom is -0.353 e. The Morgan fingerprint density at radius 3 is 2.42 bits per heavy atom. The normalized spacial score (nSPS) is 23.2. The number of fused-ring (bicyclic) bond motifs is 2. The summed E-state index contributed by atoms with van der Waals surface area (Å²) in [5.41, 5.74) is 2.78. The van der Waals surface area contributed by atoms with Crippen LogP contribution in [0.3, 0.4) is 0 Å². The first kappa shape index (κ1) is 25.5. The van der Waals surface area contributed by atoms with Crippen molar-refractivity contribution in [3.05, 3.63) is 40.6 Å². The van der Waals surface area contributed by atoms with Crippen LogP contribution in [0.2, 0.25) is 0 Å². The third-order valence-corrected chi connectivity index (χ3v) is 9.58. The molecule has 3 fully saturated rings. The second-order valence-electron chi connectivity index (χ2n) is 11.0. The van der Waals surface area contributed by atoms with Gasteiger partial charge in [0.1, 0.15) is 11.9 Å². The lowest BCUT2D eigenvalue weighted by atomic mass is 10.0. The van der Waals surface area contributed by atoms with Crippen molar-refractivity contribution in [3.8, 4) is 0 Å². The van der Waals surface area contributed by atoms with Gasteiger partial charge in [-0.15, -0.1) is 11.8 Å². The van der Waals surface area contributed by atoms with Gasteiger partial charge in [0.15, 0.2) is 0 Å². The number of aryl methyl sites for hydroxylation is 1. The number of amides is 4. The molecule has 0 aliphatic carbocycles. The van der Waals surface area contributed by atoms with Crippen LogP contribution in [0.25, 0.3) is 0 Å². The van der Waals surface area contributed by atoms with Gasteiger partial charge in [0, 0.05) is 64.4 Å². The molecule has 1 atom stereocenters. The molecule has 0 bridgehead atoms. The van der Waals surface area contributed by atoms with Crippen LogP contribution in [-0.4, -0.2) is 94.5 Å². The van der Waals surface area contributed by atoms with Gasteiger partial charge in [-0.05, 0) is 37.0 Å². The standard InChI is InChI=1S/C28H31N7O4S/c36-22-6-5-21(25(37)30-22)35-26(38)18-4-3-17(15-19(18)27(35)39)16-32-10-12-33(13-11-32)24-23-20(7-14-40-23)29-28(31-24)34-8-1-2-9-34/h3-4,15,21H,1-2,5-14,16H2,(H,30,36,37). The average Bonchev–Trinajstić information content (AvgIpc) is 3.70. The molecule has 11 nitrogen and oxygen atoms in total. The fourth-order valence-corrected chi connectivity index (χ4v) is 7.42. The summed E-state index contributed by atoms with van der Waals surface area (Å²) in [6, 6.07) is 4.41. The van der Waals surface area contributed by atoms with Crippen LogP contribution in [0, 0.1) is 0 Å². The predicted molar refractivity (Wildman–Crippen MR) is 149 cm³/mol. The Balaban J connectivity index is 1.03. The summed E-state index contributed by atoms with van der Waals surface area (Å²) in [6.07, 6.45) is 3.65. The molecule has 5 aliphatic rings. The number of rotatable bonds is 5. The van der Waals surface area contributed by atoms with E-state index in [0.717, 1.165) is 73.7 Å². The zero-order valence-corrected chi connectivity index (χ0v) is 23.0. The lowest BCUT2D eigenvalue weighted by molar-refractivity contribution is -0.136. The van der Waals surface area contributed by atoms with E-state index in [4.69, 9.17) is 9.97 Å². The van der Waals surface area contributed by atoms with Gasteiger partial charge in [-0.3, -0.25) is 34.3 Å². The number of nitrogens with one attached hydrogen (secondary N) is 1. The molecular formula is C28H31N7O4S. The van der Waals surface area contributed by atoms with Gasteiger partial charge in [-0.1, -0.05) is 6.07 Å². The molecule has 0 radical (unpaired) electrons. The van der Waals surface area contributed by atoms with Crippen LogP contribution in [0.15, 0.2) is 23.1 Å². The molecule has 1 N–H and O–H groups in total. The van der Waals surface area contributed by atoms with Crippen molar-refractivity contribution in [2.45, 2.75) is 49.6 Å². The Labute approximate surface area is 236 Å². The molecule has 1 aromatic carbocycles. The van der Waals surface area contributed by atoms with Crippen molar-refractivity contribution in [3.63, 3.8) is 0 Å². The summed E-state index contributed by atoms with van der Waals surface area (Å²) in [5.74, 6) is 1.09. The Morgan fingerprint density at radius 2 is 1.65 bits per heavy atom. The number of thioether (sulfide) groups is 1. The fourth-order valence-electron chi connectivity index (χ4n) is 6.30. The molecule has 0 saturated carbocycles. The maximum atomic E-state index is 13.2. The van der Waals surface area contributed by atoms with Gasteiger partial charge in [0.2, 0.25) is 17.8 Å². The van der Waals surface area contributed by atoms with Crippen molar-refractivity contribution in [1.82, 2.24) is 25.1 Å². The lowest BCUT2D eigenvalue weighted by Crippen LogP contribution is -2.54. The minimum absolute atomic E-state index is 0.108. The van der Waals surface area contributed by atoms with Crippen LogP contribution in [0.1, 0.15) is 57.7 Å². The van der Waals surface area contributed by atoms with Gasteiger partial charge >= 0.3 is 0 Å². The first-order valence-electron chi connectivity index (χ1n) is 14.1. The number of piperidine rings is 1. The zero-order valence-electron chi connectivity index (χ0n) is 22.2. The number of carbonyl (C=O) groups excluding carboxylic acids is 4. The van der Waals surface area contributed by atoms with Gasteiger partial charge < -0.3 is 9.80 Å². The second-order valence-corrected chi connectivity index (χ2v) is 12.1. The molecular weight excluding hydrogens is 530 g/mol. The summed E-state index contributed by atoms with van der Waals surface area (Å²) >= 11 is 1.86. The van der Waals surface area contributed by atoms with Crippen molar-refractivity contribution in [1.29, 1.82) is 0 Å². The van der Waals surface area contributed by atoms with Crippen molar-refractivity contribution >= 4 is 47.2 Å². The van der Waals surface area contributed by atoms with Crippen LogP contribution in [0.4, 0.5) is 11.8 Å². The van der Waals surface area contributed by atoms with E-state index in [1.54, 1.807) is 12.1 Å². The first-order chi connectivity index (χ1) is 19.5. The maximum absolute atomic E-state index is 13.2. The molecule has 6 heterocycles. The smallest absolute Gasteiger partial charge is 0.262 e. The van der Waals surface area contributed by atoms with Crippen molar-refractivity contribution in [2.75, 3.05) is 54.8 Å². The molecule has 40 heavy (non-hydrogen) atoms. The van der Waals surface area contributed by atoms with E-state index in [-0.39, 0.29) is 18.7 Å². The lowest BCUT2D eigenvalue weighted by Gasteiger charge is -2.36. The number of piperazine rings is 1. The monoisotopic (exact) mass is 561 g/mol. The van der Waals surface area contributed by atoms with E-state index >= 15 is 0 Å². The number of carbonyl (C=O) groups is 4. The van der Waals surface area contributed by atoms with Crippen LogP contribution in [-0.2, 0) is 22.6 Å². The molecule has 208 valence electrons. The van der Waals surface area contributed by atoms with Crippen LogP contribution >= 0.6 is 11.8 Å². The fraction of sp³-hybridized carbons (Fsp3) is 0.500. The average molecular weight is 562 g/mol. The Hall–Kier alpha value is -3.51. The molecule has 4 amide bonds. The van der Waals surface area contributed by atoms with E-state index in [1.165, 1.54) is 23.4 Å². The molecule has 7 rings (SSSR count). The van der Waals surface area contributed by atoms with Gasteiger partial charge in [-0.25, -0.2) is 4.98 Å². The number of benzene rings is 1. The highest BCUT2D eigenvalue weighted by Crippen LogP contribution is 2.39. The van der Waals surface area contributed by atoms with E-state index < -0.39 is 23.8 Å². The number of hydrogen-bond donors (Lipinski definition) is 1. The quantitative estimate of drug-likeness (QED) is 0.537. The largest absolute Gasteiger partial charge is 0.353 e. The predicted octanol–water partition coefficient (Wildman–Crippen LogP) is 1.45. The van der Waals surface area contributed by atoms with Gasteiger partial charge in [0.05, 0.1) is 21.7 Å². The highest BCUT2D eigenvalue weighted by atomic mass is 32.2. The molecule has 2 aromatic rings. The summed E-state index contributed by atoms with van der Waals surface area (Å²) < 4.78 is 0. The number of anilines is 2. The Bertz CT molecular complexity index is 1420. The third kappa shape index (κ3) is 4.43. The van der Waals surface area contributed by atoms with Crippen LogP contribution in [0.5, 0.6) is 0 Å². The van der Waals surface area contributed by atoms with E-state index in [9.17, 15) is 19.2 Å². The zero-order chi connectivity index (χ0) is 27.4. The molecule has 12 heteroatoms. The highest BCUT2D eigenvalue weighted by Gasteiger charge is 2.44. The Kier molecular flexibility index (Phi) is 6.46. The number of imide groups is 2. The topological polar surface area (TPSA) is 119 Å². The number of hydrogen-bond acceptors (Lipinski definition) is 10. The van der Waals surface area contributed by atoms with Gasteiger partial charge in [-0.2, -0.15) is 4.98 Å².